The van der Waals surface area contributed by atoms with Crippen molar-refractivity contribution >= 4 is 41.5 Å². The van der Waals surface area contributed by atoms with Crippen LogP contribution in [-0.2, 0) is 0 Å². The average molecular weight is 906 g/mol. The van der Waals surface area contributed by atoms with Gasteiger partial charge in [-0.3, -0.25) is 0 Å². The van der Waals surface area contributed by atoms with Crippen LogP contribution in [0.5, 0.6) is 0 Å². The van der Waals surface area contributed by atoms with E-state index >= 15 is 0 Å². The Labute approximate surface area is 402 Å². The Morgan fingerprint density at radius 3 is 1.09 bits per heavy atom. The molecule has 0 saturated carbocycles. The fourth-order valence-electron chi connectivity index (χ4n) is 9.33. The molecule has 68 heavy (non-hydrogen) atoms. The van der Waals surface area contributed by atoms with E-state index in [9.17, 15) is 0 Å². The summed E-state index contributed by atoms with van der Waals surface area (Å²) in [5.41, 5.74) is 10.0. The van der Waals surface area contributed by atoms with Gasteiger partial charge in [-0.15, -0.1) is 21.4 Å². The number of benzene rings is 10. The average Bonchev–Trinajstić information content (AvgIpc) is 3.80. The number of nitrogens with zero attached hydrogens (tertiary/aromatic N) is 3. The van der Waals surface area contributed by atoms with Crippen molar-refractivity contribution in [3.05, 3.63) is 261 Å². The lowest BCUT2D eigenvalue weighted by molar-refractivity contribution is 1.07. The molecule has 0 fully saturated rings. The Morgan fingerprint density at radius 2 is 0.603 bits per heavy atom. The maximum Gasteiger partial charge on any atom is 0.164 e. The summed E-state index contributed by atoms with van der Waals surface area (Å²) in [4.78, 5) is 20.2. The third kappa shape index (κ3) is 7.68. The summed E-state index contributed by atoms with van der Waals surface area (Å²) in [7, 11) is -1.76. The minimum Gasteiger partial charge on any atom is -0.208 e. The number of rotatable bonds is 10. The first-order chi connectivity index (χ1) is 33.7. The highest BCUT2D eigenvalue weighted by Gasteiger charge is 2.33. The van der Waals surface area contributed by atoms with E-state index < -0.39 is 10.0 Å². The van der Waals surface area contributed by atoms with E-state index in [1.165, 1.54) is 73.1 Å². The van der Waals surface area contributed by atoms with Crippen LogP contribution in [0.2, 0.25) is 0 Å². The van der Waals surface area contributed by atoms with E-state index in [-0.39, 0.29) is 0 Å². The standard InChI is InChI=1S/C63H43N3S2/c1-6-18-45(19-7-1)61-64-62(46-20-8-2-9-21-46)66-63(65-61)52-34-38-57-58-42-51(35-39-59(58)67-60(57)43-52)50-25-17-24-49(41-50)48-23-16-22-47(40-48)44-32-36-56(37-33-44)68(53-26-10-3-11-27-53,54-28-12-4-13-29-54)55-30-14-5-15-31-55/h1-43H. The van der Waals surface area contributed by atoms with E-state index in [4.69, 9.17) is 15.0 Å². The van der Waals surface area contributed by atoms with Crippen molar-refractivity contribution in [3.8, 4) is 67.5 Å². The molecule has 2 heterocycles. The summed E-state index contributed by atoms with van der Waals surface area (Å²) >= 11 is 1.80. The number of fused-ring (bicyclic) bond motifs is 3. The third-order valence-electron chi connectivity index (χ3n) is 12.7. The van der Waals surface area contributed by atoms with Crippen molar-refractivity contribution in [2.45, 2.75) is 19.6 Å². The van der Waals surface area contributed by atoms with Crippen molar-refractivity contribution in [3.63, 3.8) is 0 Å². The van der Waals surface area contributed by atoms with Crippen molar-refractivity contribution in [2.75, 3.05) is 0 Å². The van der Waals surface area contributed by atoms with E-state index in [0.717, 1.165) is 16.7 Å². The normalized spacial score (nSPS) is 11.8. The van der Waals surface area contributed by atoms with E-state index in [2.05, 4.69) is 200 Å². The van der Waals surface area contributed by atoms with Crippen LogP contribution >= 0.6 is 21.4 Å². The van der Waals surface area contributed by atoms with Gasteiger partial charge in [0.25, 0.3) is 0 Å². The van der Waals surface area contributed by atoms with Gasteiger partial charge in [0, 0.05) is 56.4 Å². The topological polar surface area (TPSA) is 38.7 Å². The summed E-state index contributed by atoms with van der Waals surface area (Å²) in [5.74, 6) is 1.98. The first-order valence-electron chi connectivity index (χ1n) is 22.8. The highest BCUT2D eigenvalue weighted by Crippen LogP contribution is 2.73. The molecule has 2 aromatic heterocycles. The van der Waals surface area contributed by atoms with E-state index in [0.29, 0.717) is 17.5 Å². The summed E-state index contributed by atoms with van der Waals surface area (Å²) in [6.45, 7) is 0. The Kier molecular flexibility index (Phi) is 10.8. The fourth-order valence-corrected chi connectivity index (χ4v) is 14.3. The molecule has 10 aromatic carbocycles. The highest BCUT2D eigenvalue weighted by atomic mass is 32.3. The van der Waals surface area contributed by atoms with Crippen LogP contribution in [0.3, 0.4) is 0 Å². The largest absolute Gasteiger partial charge is 0.208 e. The van der Waals surface area contributed by atoms with Crippen LogP contribution in [0.1, 0.15) is 0 Å². The molecule has 12 rings (SSSR count). The molecule has 0 saturated heterocycles. The van der Waals surface area contributed by atoms with Crippen LogP contribution in [0.25, 0.3) is 87.7 Å². The molecule has 5 heteroatoms. The van der Waals surface area contributed by atoms with E-state index in [1.807, 2.05) is 60.7 Å². The minimum absolute atomic E-state index is 0.660. The van der Waals surface area contributed by atoms with Crippen LogP contribution in [0.15, 0.2) is 280 Å². The monoisotopic (exact) mass is 905 g/mol. The molecule has 0 aliphatic heterocycles. The smallest absolute Gasteiger partial charge is 0.164 e. The lowest BCUT2D eigenvalue weighted by Gasteiger charge is -2.42. The van der Waals surface area contributed by atoms with Crippen LogP contribution in [0, 0.1) is 0 Å². The SMILES string of the molecule is c1ccc(-c2nc(-c3ccccc3)nc(-c3ccc4c(c3)sc3ccc(-c5cccc(-c6cccc(-c7ccc(S(c8ccccc8)(c8ccccc8)c8ccccc8)cc7)c6)c5)cc34)n2)cc1. The molecule has 12 aromatic rings. The summed E-state index contributed by atoms with van der Waals surface area (Å²) in [5, 5.41) is 2.47. The zero-order valence-corrected chi connectivity index (χ0v) is 38.6. The van der Waals surface area contributed by atoms with Gasteiger partial charge in [-0.2, -0.15) is 0 Å². The molecule has 322 valence electrons. The van der Waals surface area contributed by atoms with Crippen molar-refractivity contribution in [1.82, 2.24) is 15.0 Å². The van der Waals surface area contributed by atoms with Gasteiger partial charge in [-0.05, 0) is 112 Å². The lowest BCUT2D eigenvalue weighted by Crippen LogP contribution is -2.05. The van der Waals surface area contributed by atoms with Crippen LogP contribution < -0.4 is 0 Å². The molecular formula is C63H43N3S2. The van der Waals surface area contributed by atoms with Gasteiger partial charge in [-0.25, -0.2) is 15.0 Å². The molecule has 0 amide bonds. The Morgan fingerprint density at radius 1 is 0.235 bits per heavy atom. The maximum absolute atomic E-state index is 5.00. The lowest BCUT2D eigenvalue weighted by atomic mass is 9.96. The second-order valence-electron chi connectivity index (χ2n) is 16.8. The Hall–Kier alpha value is -8.22. The first kappa shape index (κ1) is 41.2. The Bertz CT molecular complexity index is 3550. The summed E-state index contributed by atoms with van der Waals surface area (Å²) < 4.78 is 2.44. The maximum atomic E-state index is 5.00. The molecule has 0 N–H and O–H groups in total. The molecule has 0 unspecified atom stereocenters. The number of hydrogen-bond donors (Lipinski definition) is 0. The van der Waals surface area contributed by atoms with Crippen LogP contribution in [-0.4, -0.2) is 15.0 Å². The molecule has 3 nitrogen and oxygen atoms in total. The van der Waals surface area contributed by atoms with Crippen LogP contribution in [0.4, 0.5) is 0 Å². The number of thiophene rings is 1. The van der Waals surface area contributed by atoms with E-state index in [1.54, 1.807) is 11.3 Å². The summed E-state index contributed by atoms with van der Waals surface area (Å²) in [6.07, 6.45) is 0. The third-order valence-corrected chi connectivity index (χ3v) is 17.7. The first-order valence-corrected chi connectivity index (χ1v) is 25.3. The quantitative estimate of drug-likeness (QED) is 0.137. The minimum atomic E-state index is -1.76. The number of aromatic nitrogens is 3. The van der Waals surface area contributed by atoms with Crippen molar-refractivity contribution in [1.29, 1.82) is 0 Å². The van der Waals surface area contributed by atoms with Gasteiger partial charge >= 0.3 is 0 Å². The van der Waals surface area contributed by atoms with Gasteiger partial charge in [-0.1, -0.05) is 182 Å². The molecule has 0 aliphatic carbocycles. The second kappa shape index (κ2) is 17.9. The van der Waals surface area contributed by atoms with Crippen molar-refractivity contribution in [2.24, 2.45) is 0 Å². The molecule has 0 bridgehead atoms. The fraction of sp³-hybridized carbons (Fsp3) is 0. The predicted molar refractivity (Wildman–Crippen MR) is 285 cm³/mol. The summed E-state index contributed by atoms with van der Waals surface area (Å²) in [6, 6.07) is 94.0. The molecule has 0 aliphatic rings. The van der Waals surface area contributed by atoms with Gasteiger partial charge in [0.1, 0.15) is 0 Å². The van der Waals surface area contributed by atoms with Gasteiger partial charge < -0.3 is 0 Å². The zero-order valence-electron chi connectivity index (χ0n) is 37.0. The number of hydrogen-bond acceptors (Lipinski definition) is 4. The van der Waals surface area contributed by atoms with Gasteiger partial charge in [0.15, 0.2) is 17.5 Å². The predicted octanol–water partition coefficient (Wildman–Crippen LogP) is 17.6. The Balaban J connectivity index is 0.861. The molecule has 0 radical (unpaired) electrons. The molecular weight excluding hydrogens is 863 g/mol. The molecule has 0 atom stereocenters. The second-order valence-corrected chi connectivity index (χ2v) is 21.0. The molecule has 0 spiro atoms. The zero-order chi connectivity index (χ0) is 45.3. The van der Waals surface area contributed by atoms with Gasteiger partial charge in [0.05, 0.1) is 0 Å². The van der Waals surface area contributed by atoms with Gasteiger partial charge in [0.2, 0.25) is 0 Å². The van der Waals surface area contributed by atoms with Crippen molar-refractivity contribution < 1.29 is 0 Å². The highest BCUT2D eigenvalue weighted by molar-refractivity contribution is 8.34.